The Bertz CT molecular complexity index is 458. The topological polar surface area (TPSA) is 64.7 Å². The lowest BCUT2D eigenvalue weighted by Gasteiger charge is -2.17. The van der Waals surface area contributed by atoms with Crippen molar-refractivity contribution in [3.63, 3.8) is 0 Å². The number of rotatable bonds is 10. The van der Waals surface area contributed by atoms with Crippen molar-refractivity contribution in [2.24, 2.45) is 17.6 Å². The first-order chi connectivity index (χ1) is 10.8. The zero-order valence-corrected chi connectivity index (χ0v) is 15.2. The third-order valence-electron chi connectivity index (χ3n) is 3.49. The molecule has 0 bridgehead atoms. The summed E-state index contributed by atoms with van der Waals surface area (Å²) in [7, 11) is 0. The molecule has 3 N–H and O–H groups in total. The molecule has 2 unspecified atom stereocenters. The molecule has 23 heavy (non-hydrogen) atoms. The molecular formula is C19H33NO3. The van der Waals surface area contributed by atoms with Crippen LogP contribution in [0, 0.1) is 11.8 Å². The largest absolute Gasteiger partial charge is 0.489 e. The number of hydrogen-bond donors (Lipinski definition) is 2. The van der Waals surface area contributed by atoms with Gasteiger partial charge < -0.3 is 20.3 Å². The van der Waals surface area contributed by atoms with E-state index in [9.17, 15) is 5.11 Å². The normalized spacial score (nSPS) is 14.1. The fraction of sp³-hybridized carbons (Fsp3) is 0.684. The van der Waals surface area contributed by atoms with Gasteiger partial charge in [-0.15, -0.1) is 0 Å². The van der Waals surface area contributed by atoms with E-state index in [0.29, 0.717) is 31.5 Å². The average Bonchev–Trinajstić information content (AvgIpc) is 2.48. The summed E-state index contributed by atoms with van der Waals surface area (Å²) >= 11 is 0. The lowest BCUT2D eigenvalue weighted by molar-refractivity contribution is 0.141. The number of hydrogen-bond acceptors (Lipinski definition) is 4. The quantitative estimate of drug-likeness (QED) is 0.692. The minimum Gasteiger partial charge on any atom is -0.489 e. The Morgan fingerprint density at radius 1 is 0.957 bits per heavy atom. The third-order valence-corrected chi connectivity index (χ3v) is 3.49. The molecule has 0 aliphatic heterocycles. The molecule has 0 radical (unpaired) electrons. The first-order valence-electron chi connectivity index (χ1n) is 8.61. The molecule has 0 spiro atoms. The van der Waals surface area contributed by atoms with Crippen LogP contribution in [0.3, 0.4) is 0 Å². The molecule has 0 heterocycles. The first kappa shape index (κ1) is 19.8. The summed E-state index contributed by atoms with van der Waals surface area (Å²) in [6, 6.07) is 5.81. The summed E-state index contributed by atoms with van der Waals surface area (Å²) in [6.45, 7) is 11.6. The van der Waals surface area contributed by atoms with E-state index >= 15 is 0 Å². The van der Waals surface area contributed by atoms with Gasteiger partial charge >= 0.3 is 0 Å². The van der Waals surface area contributed by atoms with E-state index in [1.807, 2.05) is 25.1 Å². The number of aryl methyl sites for hydroxylation is 1. The Morgan fingerprint density at radius 2 is 1.52 bits per heavy atom. The number of nitrogens with two attached hydrogens (primary N) is 1. The predicted molar refractivity (Wildman–Crippen MR) is 95.1 cm³/mol. The molecule has 2 atom stereocenters. The molecule has 1 rings (SSSR count). The van der Waals surface area contributed by atoms with E-state index in [4.69, 9.17) is 15.2 Å². The van der Waals surface area contributed by atoms with E-state index in [1.54, 1.807) is 0 Å². The van der Waals surface area contributed by atoms with Gasteiger partial charge in [0.25, 0.3) is 0 Å². The molecule has 1 aromatic carbocycles. The molecule has 0 saturated carbocycles. The van der Waals surface area contributed by atoms with Crippen molar-refractivity contribution in [3.05, 3.63) is 23.8 Å². The fourth-order valence-corrected chi connectivity index (χ4v) is 2.03. The zero-order valence-electron chi connectivity index (χ0n) is 15.2. The maximum atomic E-state index is 9.85. The molecule has 0 aliphatic carbocycles. The van der Waals surface area contributed by atoms with Crippen LogP contribution in [0.4, 0.5) is 0 Å². The van der Waals surface area contributed by atoms with Gasteiger partial charge in [0.05, 0.1) is 19.3 Å². The molecule has 0 saturated heterocycles. The van der Waals surface area contributed by atoms with E-state index in [1.165, 1.54) is 0 Å². The van der Waals surface area contributed by atoms with Crippen molar-refractivity contribution >= 4 is 0 Å². The third kappa shape index (κ3) is 7.71. The van der Waals surface area contributed by atoms with Crippen LogP contribution in [0.15, 0.2) is 18.2 Å². The van der Waals surface area contributed by atoms with Gasteiger partial charge in [0.1, 0.15) is 0 Å². The van der Waals surface area contributed by atoms with Crippen LogP contribution in [0.2, 0.25) is 0 Å². The highest BCUT2D eigenvalue weighted by molar-refractivity contribution is 5.43. The van der Waals surface area contributed by atoms with Crippen molar-refractivity contribution < 1.29 is 14.6 Å². The van der Waals surface area contributed by atoms with Gasteiger partial charge in [0, 0.05) is 6.04 Å². The van der Waals surface area contributed by atoms with Gasteiger partial charge in [-0.05, 0) is 49.3 Å². The molecule has 0 aliphatic rings. The summed E-state index contributed by atoms with van der Waals surface area (Å²) in [5.41, 5.74) is 6.83. The summed E-state index contributed by atoms with van der Waals surface area (Å²) in [6.07, 6.45) is 0.936. The number of aliphatic hydroxyl groups is 1. The van der Waals surface area contributed by atoms with E-state index in [2.05, 4.69) is 27.7 Å². The second kappa shape index (κ2) is 9.78. The predicted octanol–water partition coefficient (Wildman–Crippen LogP) is 3.40. The standard InChI is InChI=1S/C19H33NO3/c1-13(2)11-22-18-9-7-16(6-8-17(21)15(5)20)10-19(18)23-12-14(3)4/h7,9-10,13-15,17,21H,6,8,11-12,20H2,1-5H3. The van der Waals surface area contributed by atoms with E-state index < -0.39 is 6.10 Å². The van der Waals surface area contributed by atoms with E-state index in [-0.39, 0.29) is 6.04 Å². The summed E-state index contributed by atoms with van der Waals surface area (Å²) < 4.78 is 11.8. The Hall–Kier alpha value is -1.26. The lowest BCUT2D eigenvalue weighted by Crippen LogP contribution is -2.31. The number of aliphatic hydroxyl groups excluding tert-OH is 1. The van der Waals surface area contributed by atoms with Crippen LogP contribution in [-0.2, 0) is 6.42 Å². The van der Waals surface area contributed by atoms with Crippen molar-refractivity contribution in [2.75, 3.05) is 13.2 Å². The molecule has 0 fully saturated rings. The highest BCUT2D eigenvalue weighted by atomic mass is 16.5. The monoisotopic (exact) mass is 323 g/mol. The highest BCUT2D eigenvalue weighted by Gasteiger charge is 2.12. The maximum Gasteiger partial charge on any atom is 0.161 e. The zero-order chi connectivity index (χ0) is 17.4. The van der Waals surface area contributed by atoms with E-state index in [0.717, 1.165) is 23.5 Å². The molecule has 0 amide bonds. The van der Waals surface area contributed by atoms with Crippen LogP contribution >= 0.6 is 0 Å². The summed E-state index contributed by atoms with van der Waals surface area (Å²) in [5.74, 6) is 2.49. The molecule has 0 aromatic heterocycles. The summed E-state index contributed by atoms with van der Waals surface area (Å²) in [4.78, 5) is 0. The molecule has 4 nitrogen and oxygen atoms in total. The molecule has 132 valence electrons. The van der Waals surface area contributed by atoms with Gasteiger partial charge in [-0.25, -0.2) is 0 Å². The van der Waals surface area contributed by atoms with Gasteiger partial charge in [-0.3, -0.25) is 0 Å². The molecular weight excluding hydrogens is 290 g/mol. The SMILES string of the molecule is CC(C)COc1ccc(CCC(O)C(C)N)cc1OCC(C)C. The number of ether oxygens (including phenoxy) is 2. The maximum absolute atomic E-state index is 9.85. The summed E-state index contributed by atoms with van der Waals surface area (Å²) in [5, 5.41) is 9.85. The Kier molecular flexibility index (Phi) is 8.42. The first-order valence-corrected chi connectivity index (χ1v) is 8.61. The Labute approximate surface area is 141 Å². The van der Waals surface area contributed by atoms with Crippen LogP contribution in [0.25, 0.3) is 0 Å². The Morgan fingerprint density at radius 3 is 2.04 bits per heavy atom. The van der Waals surface area contributed by atoms with Crippen LogP contribution < -0.4 is 15.2 Å². The van der Waals surface area contributed by atoms with Gasteiger partial charge in [0.15, 0.2) is 11.5 Å². The second-order valence-corrected chi connectivity index (χ2v) is 7.16. The Balaban J connectivity index is 2.78. The van der Waals surface area contributed by atoms with Gasteiger partial charge in [0.2, 0.25) is 0 Å². The van der Waals surface area contributed by atoms with Crippen LogP contribution in [0.5, 0.6) is 11.5 Å². The van der Waals surface area contributed by atoms with Crippen molar-refractivity contribution in [3.8, 4) is 11.5 Å². The smallest absolute Gasteiger partial charge is 0.161 e. The lowest BCUT2D eigenvalue weighted by atomic mass is 10.0. The van der Waals surface area contributed by atoms with Gasteiger partial charge in [-0.2, -0.15) is 0 Å². The fourth-order valence-electron chi connectivity index (χ4n) is 2.03. The number of benzene rings is 1. The average molecular weight is 323 g/mol. The minimum absolute atomic E-state index is 0.208. The second-order valence-electron chi connectivity index (χ2n) is 7.16. The van der Waals surface area contributed by atoms with Crippen LogP contribution in [0.1, 0.15) is 46.6 Å². The van der Waals surface area contributed by atoms with Crippen molar-refractivity contribution in [2.45, 2.75) is 59.6 Å². The van der Waals surface area contributed by atoms with Gasteiger partial charge in [-0.1, -0.05) is 33.8 Å². The van der Waals surface area contributed by atoms with Crippen molar-refractivity contribution in [1.29, 1.82) is 0 Å². The minimum atomic E-state index is -0.480. The highest BCUT2D eigenvalue weighted by Crippen LogP contribution is 2.30. The van der Waals surface area contributed by atoms with Crippen molar-refractivity contribution in [1.82, 2.24) is 0 Å². The van der Waals surface area contributed by atoms with Crippen LogP contribution in [-0.4, -0.2) is 30.5 Å². The molecule has 4 heteroatoms. The molecule has 1 aromatic rings.